The standard InChI is InChI=1S/C12H15N3O2S/c1-8-2-3-14(10(8)11(16)17)6-9-7-15-4-5-18-12(15)13-9/h4-5,7-8,10H,2-3,6H2,1H3,(H,16,17). The van der Waals surface area contributed by atoms with Crippen LogP contribution in [-0.4, -0.2) is 37.9 Å². The van der Waals surface area contributed by atoms with Crippen LogP contribution in [0.5, 0.6) is 0 Å². The first-order chi connectivity index (χ1) is 8.65. The van der Waals surface area contributed by atoms with Gasteiger partial charge in [-0.1, -0.05) is 6.92 Å². The lowest BCUT2D eigenvalue weighted by Crippen LogP contribution is -2.38. The lowest BCUT2D eigenvalue weighted by Gasteiger charge is -2.21. The van der Waals surface area contributed by atoms with Gasteiger partial charge in [0.1, 0.15) is 6.04 Å². The monoisotopic (exact) mass is 265 g/mol. The van der Waals surface area contributed by atoms with E-state index in [9.17, 15) is 9.90 Å². The summed E-state index contributed by atoms with van der Waals surface area (Å²) in [5.74, 6) is -0.507. The van der Waals surface area contributed by atoms with Crippen molar-refractivity contribution in [3.63, 3.8) is 0 Å². The normalized spacial score (nSPS) is 24.9. The van der Waals surface area contributed by atoms with Crippen molar-refractivity contribution < 1.29 is 9.90 Å². The first kappa shape index (κ1) is 11.7. The van der Waals surface area contributed by atoms with Gasteiger partial charge in [0.15, 0.2) is 4.96 Å². The van der Waals surface area contributed by atoms with Crippen LogP contribution in [-0.2, 0) is 11.3 Å². The second-order valence-corrected chi connectivity index (χ2v) is 5.72. The molecule has 18 heavy (non-hydrogen) atoms. The Morgan fingerprint density at radius 2 is 2.50 bits per heavy atom. The van der Waals surface area contributed by atoms with Gasteiger partial charge < -0.3 is 5.11 Å². The van der Waals surface area contributed by atoms with E-state index in [4.69, 9.17) is 0 Å². The average molecular weight is 265 g/mol. The van der Waals surface area contributed by atoms with Crippen LogP contribution in [0.4, 0.5) is 0 Å². The molecule has 2 atom stereocenters. The number of carboxylic acid groups (broad SMARTS) is 1. The first-order valence-electron chi connectivity index (χ1n) is 6.03. The number of hydrogen-bond donors (Lipinski definition) is 1. The fourth-order valence-electron chi connectivity index (χ4n) is 2.66. The molecule has 2 unspecified atom stereocenters. The Hall–Kier alpha value is -1.40. The lowest BCUT2D eigenvalue weighted by molar-refractivity contribution is -0.143. The third-order valence-electron chi connectivity index (χ3n) is 3.57. The summed E-state index contributed by atoms with van der Waals surface area (Å²) in [6.45, 7) is 3.46. The van der Waals surface area contributed by atoms with Gasteiger partial charge in [-0.05, 0) is 18.9 Å². The van der Waals surface area contributed by atoms with Gasteiger partial charge in [0.2, 0.25) is 0 Å². The number of aliphatic carboxylic acids is 1. The van der Waals surface area contributed by atoms with E-state index in [1.54, 1.807) is 11.3 Å². The Morgan fingerprint density at radius 3 is 3.22 bits per heavy atom. The summed E-state index contributed by atoms with van der Waals surface area (Å²) < 4.78 is 1.98. The van der Waals surface area contributed by atoms with Crippen LogP contribution in [0.25, 0.3) is 4.96 Å². The number of carbonyl (C=O) groups is 1. The van der Waals surface area contributed by atoms with Crippen molar-refractivity contribution in [1.82, 2.24) is 14.3 Å². The van der Waals surface area contributed by atoms with Crippen molar-refractivity contribution in [3.05, 3.63) is 23.5 Å². The first-order valence-corrected chi connectivity index (χ1v) is 6.91. The highest BCUT2D eigenvalue weighted by atomic mass is 32.1. The SMILES string of the molecule is CC1CCN(Cc2cn3ccsc3n2)C1C(=O)O. The molecule has 0 radical (unpaired) electrons. The van der Waals surface area contributed by atoms with Crippen LogP contribution in [0, 0.1) is 5.92 Å². The molecule has 2 aromatic heterocycles. The fraction of sp³-hybridized carbons (Fsp3) is 0.500. The Kier molecular flexibility index (Phi) is 2.83. The molecule has 1 saturated heterocycles. The highest BCUT2D eigenvalue weighted by Gasteiger charge is 2.36. The van der Waals surface area contributed by atoms with Gasteiger partial charge in [0.25, 0.3) is 0 Å². The summed E-state index contributed by atoms with van der Waals surface area (Å²) in [7, 11) is 0. The van der Waals surface area contributed by atoms with E-state index < -0.39 is 5.97 Å². The largest absolute Gasteiger partial charge is 0.480 e. The van der Waals surface area contributed by atoms with E-state index in [1.165, 1.54) is 0 Å². The zero-order valence-corrected chi connectivity index (χ0v) is 10.9. The van der Waals surface area contributed by atoms with Gasteiger partial charge in [0.05, 0.1) is 5.69 Å². The summed E-state index contributed by atoms with van der Waals surface area (Å²) in [6.07, 6.45) is 4.89. The lowest BCUT2D eigenvalue weighted by atomic mass is 10.0. The van der Waals surface area contributed by atoms with Crippen LogP contribution in [0.1, 0.15) is 19.0 Å². The summed E-state index contributed by atoms with van der Waals surface area (Å²) in [6, 6.07) is -0.371. The minimum atomic E-state index is -0.721. The molecule has 0 spiro atoms. The summed E-state index contributed by atoms with van der Waals surface area (Å²) in [4.78, 5) is 18.7. The maximum absolute atomic E-state index is 11.3. The number of hydrogen-bond acceptors (Lipinski definition) is 4. The van der Waals surface area contributed by atoms with E-state index in [2.05, 4.69) is 4.98 Å². The molecule has 0 saturated carbocycles. The highest BCUT2D eigenvalue weighted by Crippen LogP contribution is 2.26. The molecular weight excluding hydrogens is 250 g/mol. The molecule has 3 heterocycles. The van der Waals surface area contributed by atoms with E-state index in [0.717, 1.165) is 23.6 Å². The fourth-order valence-corrected chi connectivity index (χ4v) is 3.38. The highest BCUT2D eigenvalue weighted by molar-refractivity contribution is 7.15. The Bertz CT molecular complexity index is 548. The molecule has 2 aromatic rings. The molecule has 96 valence electrons. The quantitative estimate of drug-likeness (QED) is 0.917. The van der Waals surface area contributed by atoms with Crippen molar-refractivity contribution in [2.75, 3.05) is 6.54 Å². The average Bonchev–Trinajstić information content (AvgIpc) is 2.93. The Labute approximate surface area is 109 Å². The minimum absolute atomic E-state index is 0.214. The maximum Gasteiger partial charge on any atom is 0.321 e. The number of nitrogens with zero attached hydrogens (tertiary/aromatic N) is 3. The predicted molar refractivity (Wildman–Crippen MR) is 68.7 cm³/mol. The molecular formula is C12H15N3O2S. The molecule has 0 aliphatic carbocycles. The maximum atomic E-state index is 11.3. The van der Waals surface area contributed by atoms with E-state index in [0.29, 0.717) is 6.54 Å². The summed E-state index contributed by atoms with van der Waals surface area (Å²) >= 11 is 1.59. The number of imidazole rings is 1. The molecule has 0 amide bonds. The number of thiazole rings is 1. The van der Waals surface area contributed by atoms with Crippen molar-refractivity contribution in [1.29, 1.82) is 0 Å². The Morgan fingerprint density at radius 1 is 1.67 bits per heavy atom. The molecule has 0 bridgehead atoms. The van der Waals surface area contributed by atoms with Crippen molar-refractivity contribution in [2.45, 2.75) is 25.9 Å². The molecule has 0 aromatic carbocycles. The van der Waals surface area contributed by atoms with Crippen molar-refractivity contribution >= 4 is 22.3 Å². The zero-order chi connectivity index (χ0) is 12.7. The van der Waals surface area contributed by atoms with Crippen LogP contribution >= 0.6 is 11.3 Å². The third-order valence-corrected chi connectivity index (χ3v) is 4.34. The van der Waals surface area contributed by atoms with Crippen molar-refractivity contribution in [2.24, 2.45) is 5.92 Å². The Balaban J connectivity index is 1.79. The number of rotatable bonds is 3. The summed E-state index contributed by atoms with van der Waals surface area (Å²) in [5, 5.41) is 11.3. The zero-order valence-electron chi connectivity index (χ0n) is 10.1. The molecule has 6 heteroatoms. The van der Waals surface area contributed by atoms with Crippen LogP contribution in [0.15, 0.2) is 17.8 Å². The molecule has 1 aliphatic rings. The van der Waals surface area contributed by atoms with Crippen LogP contribution in [0.3, 0.4) is 0 Å². The molecule has 5 nitrogen and oxygen atoms in total. The van der Waals surface area contributed by atoms with E-state index >= 15 is 0 Å². The molecule has 1 fully saturated rings. The molecule has 3 rings (SSSR count). The third kappa shape index (κ3) is 1.91. The van der Waals surface area contributed by atoms with Crippen LogP contribution < -0.4 is 0 Å². The number of fused-ring (bicyclic) bond motifs is 1. The second-order valence-electron chi connectivity index (χ2n) is 4.84. The van der Waals surface area contributed by atoms with Gasteiger partial charge in [-0.2, -0.15) is 0 Å². The van der Waals surface area contributed by atoms with Crippen LogP contribution in [0.2, 0.25) is 0 Å². The predicted octanol–water partition coefficient (Wildman–Crippen LogP) is 1.69. The van der Waals surface area contributed by atoms with E-state index in [-0.39, 0.29) is 12.0 Å². The van der Waals surface area contributed by atoms with Gasteiger partial charge >= 0.3 is 5.97 Å². The number of likely N-dealkylation sites (tertiary alicyclic amines) is 1. The van der Waals surface area contributed by atoms with Gasteiger partial charge in [-0.3, -0.25) is 14.1 Å². The van der Waals surface area contributed by atoms with Gasteiger partial charge in [-0.25, -0.2) is 4.98 Å². The topological polar surface area (TPSA) is 57.8 Å². The number of aromatic nitrogens is 2. The van der Waals surface area contributed by atoms with Gasteiger partial charge in [-0.15, -0.1) is 11.3 Å². The second kappa shape index (κ2) is 4.37. The molecule has 1 N–H and O–H groups in total. The van der Waals surface area contributed by atoms with Crippen molar-refractivity contribution in [3.8, 4) is 0 Å². The summed E-state index contributed by atoms with van der Waals surface area (Å²) in [5.41, 5.74) is 0.946. The smallest absolute Gasteiger partial charge is 0.321 e. The number of carboxylic acids is 1. The molecule has 1 aliphatic heterocycles. The minimum Gasteiger partial charge on any atom is -0.480 e. The van der Waals surface area contributed by atoms with E-state index in [1.807, 2.05) is 34.0 Å². The van der Waals surface area contributed by atoms with Gasteiger partial charge in [0, 0.05) is 24.3 Å².